The zero-order valence-electron chi connectivity index (χ0n) is 13.7. The van der Waals surface area contributed by atoms with E-state index in [-0.39, 0.29) is 6.03 Å². The number of ether oxygens (including phenoxy) is 3. The van der Waals surface area contributed by atoms with E-state index in [0.717, 1.165) is 17.1 Å². The van der Waals surface area contributed by atoms with E-state index >= 15 is 0 Å². The highest BCUT2D eigenvalue weighted by Crippen LogP contribution is 2.16. The normalized spacial score (nSPS) is 9.92. The second-order valence-corrected chi connectivity index (χ2v) is 4.81. The summed E-state index contributed by atoms with van der Waals surface area (Å²) in [6.07, 6.45) is 1.64. The van der Waals surface area contributed by atoms with Crippen LogP contribution in [0.3, 0.4) is 0 Å². The van der Waals surface area contributed by atoms with Gasteiger partial charge in [-0.2, -0.15) is 0 Å². The number of nitrogens with zero attached hydrogens (tertiary/aromatic N) is 1. The van der Waals surface area contributed by atoms with Crippen LogP contribution in [0.1, 0.15) is 5.56 Å². The third-order valence-electron chi connectivity index (χ3n) is 3.20. The molecule has 1 aromatic heterocycles. The minimum atomic E-state index is -0.278. The second kappa shape index (κ2) is 9.24. The lowest BCUT2D eigenvalue weighted by molar-refractivity contribution is 0.236. The lowest BCUT2D eigenvalue weighted by Gasteiger charge is -2.10. The Morgan fingerprint density at radius 2 is 1.79 bits per heavy atom. The maximum absolute atomic E-state index is 11.8. The maximum atomic E-state index is 11.8. The van der Waals surface area contributed by atoms with Gasteiger partial charge in [0, 0.05) is 18.3 Å². The van der Waals surface area contributed by atoms with E-state index < -0.39 is 0 Å². The van der Waals surface area contributed by atoms with Gasteiger partial charge in [0.25, 0.3) is 0 Å². The van der Waals surface area contributed by atoms with Gasteiger partial charge in [-0.05, 0) is 30.3 Å². The number of amides is 2. The van der Waals surface area contributed by atoms with Crippen LogP contribution in [0.4, 0.5) is 4.79 Å². The van der Waals surface area contributed by atoms with Crippen molar-refractivity contribution in [3.8, 4) is 17.4 Å². The number of pyridine rings is 1. The molecule has 2 N–H and O–H groups in total. The van der Waals surface area contributed by atoms with Crippen LogP contribution in [0.5, 0.6) is 17.4 Å². The highest BCUT2D eigenvalue weighted by atomic mass is 16.5. The smallest absolute Gasteiger partial charge is 0.315 e. The Morgan fingerprint density at radius 1 is 1.04 bits per heavy atom. The van der Waals surface area contributed by atoms with E-state index in [0.29, 0.717) is 25.6 Å². The van der Waals surface area contributed by atoms with Crippen molar-refractivity contribution < 1.29 is 19.0 Å². The molecular formula is C17H21N3O4. The van der Waals surface area contributed by atoms with Crippen LogP contribution in [-0.4, -0.2) is 38.4 Å². The third-order valence-corrected chi connectivity index (χ3v) is 3.20. The number of benzene rings is 1. The number of rotatable bonds is 8. The molecule has 7 nitrogen and oxygen atoms in total. The van der Waals surface area contributed by atoms with Crippen LogP contribution in [0.25, 0.3) is 0 Å². The number of aromatic nitrogens is 1. The van der Waals surface area contributed by atoms with E-state index in [1.54, 1.807) is 26.5 Å². The molecule has 0 radical (unpaired) electrons. The predicted molar refractivity (Wildman–Crippen MR) is 89.5 cm³/mol. The van der Waals surface area contributed by atoms with Crippen LogP contribution < -0.4 is 24.8 Å². The van der Waals surface area contributed by atoms with E-state index in [1.165, 1.54) is 0 Å². The molecule has 2 aromatic rings. The second-order valence-electron chi connectivity index (χ2n) is 4.81. The Bertz CT molecular complexity index is 647. The number of nitrogens with one attached hydrogen (secondary N) is 2. The van der Waals surface area contributed by atoms with Crippen molar-refractivity contribution in [3.05, 3.63) is 48.2 Å². The molecule has 1 aromatic carbocycles. The lowest BCUT2D eigenvalue weighted by Crippen LogP contribution is -2.37. The zero-order valence-corrected chi connectivity index (χ0v) is 13.7. The number of carbonyl (C=O) groups is 1. The van der Waals surface area contributed by atoms with Crippen molar-refractivity contribution >= 4 is 6.03 Å². The lowest BCUT2D eigenvalue weighted by atomic mass is 10.3. The molecule has 0 aliphatic carbocycles. The molecule has 0 aliphatic rings. The molecule has 0 atom stereocenters. The molecule has 1 heterocycles. The summed E-state index contributed by atoms with van der Waals surface area (Å²) < 4.78 is 15.7. The van der Waals surface area contributed by atoms with Gasteiger partial charge in [0.15, 0.2) is 0 Å². The van der Waals surface area contributed by atoms with Gasteiger partial charge in [-0.3, -0.25) is 0 Å². The number of urea groups is 1. The number of carbonyl (C=O) groups excluding carboxylic acids is 1. The summed E-state index contributed by atoms with van der Waals surface area (Å²) in [7, 11) is 3.15. The first kappa shape index (κ1) is 17.4. The minimum absolute atomic E-state index is 0.278. The molecule has 7 heteroatoms. The van der Waals surface area contributed by atoms with Crippen molar-refractivity contribution in [2.75, 3.05) is 27.4 Å². The Balaban J connectivity index is 1.66. The van der Waals surface area contributed by atoms with Gasteiger partial charge in [-0.1, -0.05) is 6.07 Å². The molecule has 2 amide bonds. The van der Waals surface area contributed by atoms with Crippen LogP contribution >= 0.6 is 0 Å². The fourth-order valence-corrected chi connectivity index (χ4v) is 1.99. The van der Waals surface area contributed by atoms with Gasteiger partial charge < -0.3 is 24.8 Å². The first-order chi connectivity index (χ1) is 11.7. The van der Waals surface area contributed by atoms with Crippen molar-refractivity contribution in [2.45, 2.75) is 6.54 Å². The summed E-state index contributed by atoms with van der Waals surface area (Å²) in [6, 6.07) is 10.6. The fourth-order valence-electron chi connectivity index (χ4n) is 1.99. The van der Waals surface area contributed by atoms with Crippen molar-refractivity contribution in [1.29, 1.82) is 0 Å². The molecule has 0 saturated heterocycles. The molecular weight excluding hydrogens is 310 g/mol. The fraction of sp³-hybridized carbons (Fsp3) is 0.294. The largest absolute Gasteiger partial charge is 0.497 e. The average Bonchev–Trinajstić information content (AvgIpc) is 2.64. The predicted octanol–water partition coefficient (Wildman–Crippen LogP) is 1.98. The minimum Gasteiger partial charge on any atom is -0.497 e. The standard InChI is InChI=1S/C17H21N3O4/c1-22-14-5-7-15(8-6-14)24-11-10-19-17(21)20-12-13-4-3-9-18-16(13)23-2/h3-9H,10-12H2,1-2H3,(H2,19,20,21). The van der Waals surface area contributed by atoms with Crippen molar-refractivity contribution in [1.82, 2.24) is 15.6 Å². The first-order valence-electron chi connectivity index (χ1n) is 7.49. The quantitative estimate of drug-likeness (QED) is 0.723. The molecule has 0 aliphatic heterocycles. The Labute approximate surface area is 140 Å². The molecule has 128 valence electrons. The summed E-state index contributed by atoms with van der Waals surface area (Å²) in [5, 5.41) is 5.47. The molecule has 2 rings (SSSR count). The van der Waals surface area contributed by atoms with Gasteiger partial charge >= 0.3 is 6.03 Å². The Kier molecular flexibility index (Phi) is 6.70. The van der Waals surface area contributed by atoms with Crippen molar-refractivity contribution in [3.63, 3.8) is 0 Å². The molecule has 24 heavy (non-hydrogen) atoms. The molecule has 0 bridgehead atoms. The topological polar surface area (TPSA) is 81.7 Å². The van der Waals surface area contributed by atoms with Gasteiger partial charge in [-0.25, -0.2) is 9.78 Å². The van der Waals surface area contributed by atoms with Crippen LogP contribution in [0.15, 0.2) is 42.6 Å². The van der Waals surface area contributed by atoms with E-state index in [2.05, 4.69) is 15.6 Å². The monoisotopic (exact) mass is 331 g/mol. The summed E-state index contributed by atoms with van der Waals surface area (Å²) in [6.45, 7) is 1.10. The number of hydrogen-bond acceptors (Lipinski definition) is 5. The van der Waals surface area contributed by atoms with Gasteiger partial charge in [0.2, 0.25) is 5.88 Å². The zero-order chi connectivity index (χ0) is 17.2. The van der Waals surface area contributed by atoms with E-state index in [4.69, 9.17) is 14.2 Å². The van der Waals surface area contributed by atoms with Crippen LogP contribution in [0.2, 0.25) is 0 Å². The highest BCUT2D eigenvalue weighted by Gasteiger charge is 2.05. The Hall–Kier alpha value is -2.96. The van der Waals surface area contributed by atoms with Crippen molar-refractivity contribution in [2.24, 2.45) is 0 Å². The van der Waals surface area contributed by atoms with E-state index in [9.17, 15) is 4.79 Å². The summed E-state index contributed by atoms with van der Waals surface area (Å²) in [5.74, 6) is 1.99. The number of methoxy groups -OCH3 is 2. The molecule has 0 saturated carbocycles. The molecule has 0 unspecified atom stereocenters. The maximum Gasteiger partial charge on any atom is 0.315 e. The van der Waals surface area contributed by atoms with Crippen LogP contribution in [0, 0.1) is 0 Å². The summed E-state index contributed by atoms with van der Waals surface area (Å²) >= 11 is 0. The first-order valence-corrected chi connectivity index (χ1v) is 7.49. The van der Waals surface area contributed by atoms with Crippen LogP contribution in [-0.2, 0) is 6.54 Å². The molecule has 0 fully saturated rings. The third kappa shape index (κ3) is 5.35. The summed E-state index contributed by atoms with van der Waals surface area (Å²) in [4.78, 5) is 15.8. The molecule has 0 spiro atoms. The highest BCUT2D eigenvalue weighted by molar-refractivity contribution is 5.73. The number of hydrogen-bond donors (Lipinski definition) is 2. The SMILES string of the molecule is COc1ccc(OCCNC(=O)NCc2cccnc2OC)cc1. The van der Waals surface area contributed by atoms with Gasteiger partial charge in [0.05, 0.1) is 20.8 Å². The Morgan fingerprint density at radius 3 is 2.50 bits per heavy atom. The van der Waals surface area contributed by atoms with E-state index in [1.807, 2.05) is 30.3 Å². The average molecular weight is 331 g/mol. The van der Waals surface area contributed by atoms with Gasteiger partial charge in [-0.15, -0.1) is 0 Å². The summed E-state index contributed by atoms with van der Waals surface area (Å²) in [5.41, 5.74) is 0.810. The van der Waals surface area contributed by atoms with Gasteiger partial charge in [0.1, 0.15) is 18.1 Å².